The number of benzene rings is 1. The highest BCUT2D eigenvalue weighted by Crippen LogP contribution is 2.63. The van der Waals surface area contributed by atoms with Crippen LogP contribution in [-0.2, 0) is 33.3 Å². The molecule has 2 aliphatic heterocycles. The summed E-state index contributed by atoms with van der Waals surface area (Å²) in [6.07, 6.45) is 10.8. The van der Waals surface area contributed by atoms with E-state index in [2.05, 4.69) is 26.7 Å². The van der Waals surface area contributed by atoms with Gasteiger partial charge in [0.15, 0.2) is 6.61 Å². The average molecular weight is 537 g/mol. The van der Waals surface area contributed by atoms with Crippen LogP contribution in [0.4, 0.5) is 0 Å². The Balaban J connectivity index is 1.51. The fourth-order valence-corrected chi connectivity index (χ4v) is 6.88. The molecule has 4 rings (SSSR count). The number of unbranched alkanes of at least 4 members (excludes halogenated alkanes) is 1. The highest BCUT2D eigenvalue weighted by atomic mass is 16.6. The zero-order chi connectivity index (χ0) is 28.2. The molecule has 39 heavy (non-hydrogen) atoms. The summed E-state index contributed by atoms with van der Waals surface area (Å²) in [5.41, 5.74) is -0.617. The second-order valence-electron chi connectivity index (χ2n) is 11.6. The van der Waals surface area contributed by atoms with E-state index in [9.17, 15) is 14.4 Å². The minimum absolute atomic E-state index is 0.000776. The number of ether oxygens (including phenoxy) is 4. The lowest BCUT2D eigenvalue weighted by Crippen LogP contribution is -2.62. The van der Waals surface area contributed by atoms with Crippen LogP contribution in [0.3, 0.4) is 0 Å². The Bertz CT molecular complexity index is 1120. The highest BCUT2D eigenvalue weighted by molar-refractivity contribution is 5.87. The summed E-state index contributed by atoms with van der Waals surface area (Å²) in [5.74, 6) is 1.44. The molecule has 1 unspecified atom stereocenters. The van der Waals surface area contributed by atoms with E-state index in [1.807, 2.05) is 37.3 Å². The molecule has 0 aromatic heterocycles. The molecule has 1 aromatic carbocycles. The normalized spacial score (nSPS) is 33.0. The van der Waals surface area contributed by atoms with E-state index in [1.54, 1.807) is 6.08 Å². The maximum atomic E-state index is 13.1. The first kappa shape index (κ1) is 28.9. The summed E-state index contributed by atoms with van der Waals surface area (Å²) in [6, 6.07) is 9.61. The predicted octanol–water partition coefficient (Wildman–Crippen LogP) is 5.12. The van der Waals surface area contributed by atoms with Gasteiger partial charge in [0.25, 0.3) is 0 Å². The van der Waals surface area contributed by atoms with Crippen molar-refractivity contribution in [2.75, 3.05) is 6.61 Å². The lowest BCUT2D eigenvalue weighted by molar-refractivity contribution is -0.264. The third-order valence-corrected chi connectivity index (χ3v) is 8.93. The quantitative estimate of drug-likeness (QED) is 0.135. The molecule has 1 saturated carbocycles. The summed E-state index contributed by atoms with van der Waals surface area (Å²) in [6.45, 7) is 7.88. The first-order chi connectivity index (χ1) is 18.6. The molecule has 1 aromatic rings. The zero-order valence-electron chi connectivity index (χ0n) is 23.4. The Morgan fingerprint density at radius 3 is 2.59 bits per heavy atom. The third kappa shape index (κ3) is 5.91. The van der Waals surface area contributed by atoms with Crippen LogP contribution in [-0.4, -0.2) is 47.9 Å². The van der Waals surface area contributed by atoms with Crippen LogP contribution in [0.15, 0.2) is 36.4 Å². The molecule has 7 heteroatoms. The van der Waals surface area contributed by atoms with Crippen LogP contribution < -0.4 is 0 Å². The monoisotopic (exact) mass is 536 g/mol. The van der Waals surface area contributed by atoms with Crippen LogP contribution in [0, 0.1) is 36.0 Å². The molecule has 0 N–H and O–H groups in total. The van der Waals surface area contributed by atoms with Gasteiger partial charge in [-0.15, -0.1) is 12.3 Å². The van der Waals surface area contributed by atoms with Crippen LogP contribution in [0.2, 0.25) is 0 Å². The predicted molar refractivity (Wildman–Crippen MR) is 146 cm³/mol. The molecule has 0 amide bonds. The van der Waals surface area contributed by atoms with Crippen LogP contribution in [0.1, 0.15) is 71.8 Å². The second kappa shape index (κ2) is 12.0. The molecular formula is C32H40O7. The van der Waals surface area contributed by atoms with Gasteiger partial charge in [0.1, 0.15) is 23.4 Å². The Kier molecular flexibility index (Phi) is 8.86. The van der Waals surface area contributed by atoms with Gasteiger partial charge in [-0.3, -0.25) is 4.79 Å². The van der Waals surface area contributed by atoms with E-state index < -0.39 is 47.9 Å². The van der Waals surface area contributed by atoms with Crippen molar-refractivity contribution in [3.63, 3.8) is 0 Å². The van der Waals surface area contributed by atoms with E-state index in [0.717, 1.165) is 18.4 Å². The SMILES string of the molecule is C#CCCCC(=O)OCC(=O)O[C@@H]1C[C@]2(C(C)C)O[C@@]1(C)C1CC[C@@H](C)[C@H]1[C@@H]2OC(=O)/C=C/c1ccccc1. The third-order valence-electron chi connectivity index (χ3n) is 8.93. The summed E-state index contributed by atoms with van der Waals surface area (Å²) in [4.78, 5) is 37.8. The number of terminal acetylenes is 1. The first-order valence-electron chi connectivity index (χ1n) is 14.0. The van der Waals surface area contributed by atoms with Gasteiger partial charge in [0.2, 0.25) is 0 Å². The Morgan fingerprint density at radius 1 is 1.15 bits per heavy atom. The van der Waals surface area contributed by atoms with Gasteiger partial charge >= 0.3 is 17.9 Å². The standard InChI is InChI=1S/C32H40O7/c1-6-7-9-14-26(33)36-20-28(35)37-25-19-32(21(2)3)30(29-22(4)15-17-24(29)31(25,5)39-32)38-27(34)18-16-23-12-10-8-11-13-23/h1,8,10-13,16,18,21-22,24-25,29-30H,7,9,14-15,17,19-20H2,2-5H3/b18-16+/t22-,24?,25-,29-,30+,31+,32-/m1/s1. The van der Waals surface area contributed by atoms with Crippen molar-refractivity contribution in [3.8, 4) is 12.3 Å². The van der Waals surface area contributed by atoms with E-state index in [4.69, 9.17) is 25.4 Å². The van der Waals surface area contributed by atoms with Crippen molar-refractivity contribution in [1.29, 1.82) is 0 Å². The Hall–Kier alpha value is -3.11. The molecular weight excluding hydrogens is 496 g/mol. The molecule has 210 valence electrons. The fourth-order valence-electron chi connectivity index (χ4n) is 6.88. The first-order valence-corrected chi connectivity index (χ1v) is 14.0. The van der Waals surface area contributed by atoms with Gasteiger partial charge in [0, 0.05) is 31.3 Å². The van der Waals surface area contributed by atoms with Crippen LogP contribution >= 0.6 is 0 Å². The highest BCUT2D eigenvalue weighted by Gasteiger charge is 2.72. The maximum absolute atomic E-state index is 13.1. The van der Waals surface area contributed by atoms with E-state index in [1.165, 1.54) is 6.08 Å². The number of carbonyl (C=O) groups excluding carboxylic acids is 3. The molecule has 2 heterocycles. The van der Waals surface area contributed by atoms with Crippen molar-refractivity contribution >= 4 is 24.0 Å². The Labute approximate surface area is 231 Å². The number of rotatable bonds is 10. The summed E-state index contributed by atoms with van der Waals surface area (Å²) < 4.78 is 24.2. The summed E-state index contributed by atoms with van der Waals surface area (Å²) >= 11 is 0. The van der Waals surface area contributed by atoms with E-state index >= 15 is 0 Å². The number of hydrogen-bond acceptors (Lipinski definition) is 7. The molecule has 7 nitrogen and oxygen atoms in total. The number of fused-ring (bicyclic) bond motifs is 4. The van der Waals surface area contributed by atoms with Crippen molar-refractivity contribution in [3.05, 3.63) is 42.0 Å². The lowest BCUT2D eigenvalue weighted by Gasteiger charge is -2.52. The van der Waals surface area contributed by atoms with Crippen LogP contribution in [0.25, 0.3) is 6.08 Å². The molecule has 2 bridgehead atoms. The molecule has 3 aliphatic rings. The molecule has 0 spiro atoms. The topological polar surface area (TPSA) is 88.1 Å². The minimum Gasteiger partial charge on any atom is -0.457 e. The molecule has 3 fully saturated rings. The van der Waals surface area contributed by atoms with Crippen LogP contribution in [0.5, 0.6) is 0 Å². The van der Waals surface area contributed by atoms with Crippen molar-refractivity contribution in [2.45, 2.75) is 89.6 Å². The molecule has 1 aliphatic carbocycles. The largest absolute Gasteiger partial charge is 0.457 e. The van der Waals surface area contributed by atoms with E-state index in [-0.39, 0.29) is 24.2 Å². The summed E-state index contributed by atoms with van der Waals surface area (Å²) in [5, 5.41) is 0. The number of esters is 3. The van der Waals surface area contributed by atoms with Crippen molar-refractivity contribution < 1.29 is 33.3 Å². The zero-order valence-corrected chi connectivity index (χ0v) is 23.4. The van der Waals surface area contributed by atoms with Crippen molar-refractivity contribution in [1.82, 2.24) is 0 Å². The van der Waals surface area contributed by atoms with Gasteiger partial charge in [-0.1, -0.05) is 51.1 Å². The minimum atomic E-state index is -0.804. The van der Waals surface area contributed by atoms with Gasteiger partial charge in [-0.25, -0.2) is 9.59 Å². The molecule has 7 atom stereocenters. The van der Waals surface area contributed by atoms with Gasteiger partial charge in [-0.2, -0.15) is 0 Å². The van der Waals surface area contributed by atoms with Gasteiger partial charge in [-0.05, 0) is 55.6 Å². The van der Waals surface area contributed by atoms with Gasteiger partial charge in [0.05, 0.1) is 0 Å². The number of carbonyl (C=O) groups is 3. The Morgan fingerprint density at radius 2 is 1.90 bits per heavy atom. The fraction of sp³-hybridized carbons (Fsp3) is 0.594. The molecule has 0 radical (unpaired) electrons. The summed E-state index contributed by atoms with van der Waals surface area (Å²) in [7, 11) is 0. The van der Waals surface area contributed by atoms with Crippen molar-refractivity contribution in [2.24, 2.45) is 23.7 Å². The lowest BCUT2D eigenvalue weighted by atomic mass is 9.69. The van der Waals surface area contributed by atoms with E-state index in [0.29, 0.717) is 25.2 Å². The smallest absolute Gasteiger partial charge is 0.344 e. The average Bonchev–Trinajstić information content (AvgIpc) is 3.42. The number of hydrogen-bond donors (Lipinski definition) is 0. The maximum Gasteiger partial charge on any atom is 0.344 e. The second-order valence-corrected chi connectivity index (χ2v) is 11.6. The molecule has 2 saturated heterocycles. The van der Waals surface area contributed by atoms with Gasteiger partial charge < -0.3 is 18.9 Å².